The monoisotopic (exact) mass is 324 g/mol. The van der Waals surface area contributed by atoms with Crippen molar-refractivity contribution < 1.29 is 17.9 Å². The van der Waals surface area contributed by atoms with Crippen molar-refractivity contribution in [3.05, 3.63) is 17.6 Å². The lowest BCUT2D eigenvalue weighted by Crippen LogP contribution is -2.37. The number of nitrogens with zero attached hydrogens (tertiary/aromatic N) is 2. The Morgan fingerprint density at radius 3 is 2.55 bits per heavy atom. The summed E-state index contributed by atoms with van der Waals surface area (Å²) in [6, 6.07) is 1.45. The maximum absolute atomic E-state index is 12.6. The number of hydrogen-bond acceptors (Lipinski definition) is 6. The highest BCUT2D eigenvalue weighted by molar-refractivity contribution is 7.90. The van der Waals surface area contributed by atoms with E-state index in [0.717, 1.165) is 12.7 Å². The van der Waals surface area contributed by atoms with Gasteiger partial charge in [-0.2, -0.15) is 0 Å². The van der Waals surface area contributed by atoms with Gasteiger partial charge >= 0.3 is 5.97 Å². The van der Waals surface area contributed by atoms with Crippen molar-refractivity contribution >= 4 is 15.8 Å². The van der Waals surface area contributed by atoms with Crippen LogP contribution in [0.15, 0.2) is 11.1 Å². The topological polar surface area (TPSA) is 86.2 Å². The third kappa shape index (κ3) is 2.51. The molecule has 0 amide bonds. The third-order valence-electron chi connectivity index (χ3n) is 4.64. The van der Waals surface area contributed by atoms with Gasteiger partial charge in [0.15, 0.2) is 14.9 Å². The predicted octanol–water partition coefficient (Wildman–Crippen LogP) is 1.42. The molecule has 1 aromatic rings. The Hall–Kier alpha value is -1.50. The molecule has 2 aliphatic carbocycles. The standard InChI is InChI=1S/C15H20N2O4S/c1-4-21-14(18)15(7-10-5-11(10)8-15)12-6-13(22(3,19)20)17-9(2)16-12/h6,10-11H,4-5,7-8H2,1-3H3. The summed E-state index contributed by atoms with van der Waals surface area (Å²) in [7, 11) is -3.45. The smallest absolute Gasteiger partial charge is 0.318 e. The molecule has 0 spiro atoms. The Balaban J connectivity index is 2.09. The van der Waals surface area contributed by atoms with Gasteiger partial charge in [0.1, 0.15) is 11.2 Å². The molecule has 3 rings (SSSR count). The molecule has 22 heavy (non-hydrogen) atoms. The van der Waals surface area contributed by atoms with Crippen LogP contribution in [-0.4, -0.2) is 37.2 Å². The van der Waals surface area contributed by atoms with Gasteiger partial charge in [-0.25, -0.2) is 18.4 Å². The molecule has 1 heterocycles. The second kappa shape index (κ2) is 5.01. The summed E-state index contributed by atoms with van der Waals surface area (Å²) in [5, 5.41) is -0.0285. The summed E-state index contributed by atoms with van der Waals surface area (Å²) < 4.78 is 28.9. The van der Waals surface area contributed by atoms with Gasteiger partial charge in [-0.1, -0.05) is 0 Å². The summed E-state index contributed by atoms with van der Waals surface area (Å²) in [6.07, 6.45) is 3.64. The number of esters is 1. The number of sulfone groups is 1. The zero-order chi connectivity index (χ0) is 16.1. The number of fused-ring (bicyclic) bond motifs is 1. The molecule has 2 fully saturated rings. The number of carbonyl (C=O) groups is 1. The average Bonchev–Trinajstić information content (AvgIpc) is 3.04. The number of rotatable bonds is 4. The van der Waals surface area contributed by atoms with Gasteiger partial charge in [0.05, 0.1) is 12.3 Å². The van der Waals surface area contributed by atoms with Crippen molar-refractivity contribution in [2.24, 2.45) is 11.8 Å². The van der Waals surface area contributed by atoms with Gasteiger partial charge < -0.3 is 4.74 Å². The van der Waals surface area contributed by atoms with Crippen LogP contribution >= 0.6 is 0 Å². The highest BCUT2D eigenvalue weighted by atomic mass is 32.2. The normalized spacial score (nSPS) is 30.0. The number of hydrogen-bond donors (Lipinski definition) is 0. The van der Waals surface area contributed by atoms with Crippen molar-refractivity contribution in [3.63, 3.8) is 0 Å². The largest absolute Gasteiger partial charge is 0.465 e. The van der Waals surface area contributed by atoms with Crippen molar-refractivity contribution in [2.75, 3.05) is 12.9 Å². The lowest BCUT2D eigenvalue weighted by atomic mass is 9.79. The summed E-state index contributed by atoms with van der Waals surface area (Å²) in [4.78, 5) is 20.9. The highest BCUT2D eigenvalue weighted by Gasteiger charge is 2.59. The maximum Gasteiger partial charge on any atom is 0.318 e. The fourth-order valence-electron chi connectivity index (χ4n) is 3.51. The lowest BCUT2D eigenvalue weighted by Gasteiger charge is -2.28. The van der Waals surface area contributed by atoms with Crippen LogP contribution in [0.3, 0.4) is 0 Å². The van der Waals surface area contributed by atoms with Crippen LogP contribution in [-0.2, 0) is 24.8 Å². The van der Waals surface area contributed by atoms with Crippen LogP contribution in [0.4, 0.5) is 0 Å². The van der Waals surface area contributed by atoms with E-state index in [0.29, 0.717) is 42.8 Å². The number of aryl methyl sites for hydroxylation is 1. The molecular weight excluding hydrogens is 304 g/mol. The highest BCUT2D eigenvalue weighted by Crippen LogP contribution is 2.60. The van der Waals surface area contributed by atoms with E-state index in [1.807, 2.05) is 0 Å². The quantitative estimate of drug-likeness (QED) is 0.615. The second-order valence-corrected chi connectivity index (χ2v) is 8.34. The molecule has 0 saturated heterocycles. The van der Waals surface area contributed by atoms with Crippen molar-refractivity contribution in [1.82, 2.24) is 9.97 Å². The summed E-state index contributed by atoms with van der Waals surface area (Å²) >= 11 is 0. The van der Waals surface area contributed by atoms with Gasteiger partial charge in [-0.3, -0.25) is 4.79 Å². The molecule has 2 atom stereocenters. The molecule has 0 aromatic carbocycles. The molecule has 2 saturated carbocycles. The maximum atomic E-state index is 12.6. The summed E-state index contributed by atoms with van der Waals surface area (Å²) in [5.41, 5.74) is -0.317. The first-order valence-electron chi connectivity index (χ1n) is 7.49. The van der Waals surface area contributed by atoms with Crippen LogP contribution in [0.1, 0.15) is 37.7 Å². The van der Waals surface area contributed by atoms with E-state index in [4.69, 9.17) is 4.74 Å². The minimum absolute atomic E-state index is 0.0285. The van der Waals surface area contributed by atoms with E-state index in [1.165, 1.54) is 6.07 Å². The Morgan fingerprint density at radius 2 is 2.00 bits per heavy atom. The molecule has 1 aromatic heterocycles. The number of ether oxygens (including phenoxy) is 1. The van der Waals surface area contributed by atoms with Crippen molar-refractivity contribution in [2.45, 2.75) is 43.6 Å². The number of aromatic nitrogens is 2. The van der Waals surface area contributed by atoms with E-state index >= 15 is 0 Å². The predicted molar refractivity (Wildman–Crippen MR) is 79.0 cm³/mol. The molecule has 0 bridgehead atoms. The minimum atomic E-state index is -3.45. The van der Waals surface area contributed by atoms with E-state index in [1.54, 1.807) is 13.8 Å². The number of carbonyl (C=O) groups excluding carboxylic acids is 1. The Labute approximate surface area is 130 Å². The van der Waals surface area contributed by atoms with Crippen LogP contribution in [0.5, 0.6) is 0 Å². The van der Waals surface area contributed by atoms with Crippen molar-refractivity contribution in [1.29, 1.82) is 0 Å². The zero-order valence-electron chi connectivity index (χ0n) is 13.0. The molecule has 0 aliphatic heterocycles. The van der Waals surface area contributed by atoms with Gasteiger partial charge in [0, 0.05) is 6.26 Å². The molecule has 0 radical (unpaired) electrons. The molecule has 6 nitrogen and oxygen atoms in total. The lowest BCUT2D eigenvalue weighted by molar-refractivity contribution is -0.150. The summed E-state index contributed by atoms with van der Waals surface area (Å²) in [5.74, 6) is 1.13. The van der Waals surface area contributed by atoms with E-state index in [-0.39, 0.29) is 11.0 Å². The van der Waals surface area contributed by atoms with E-state index in [2.05, 4.69) is 9.97 Å². The first-order chi connectivity index (χ1) is 10.3. The first kappa shape index (κ1) is 15.4. The fraction of sp³-hybridized carbons (Fsp3) is 0.667. The molecule has 2 aliphatic rings. The van der Waals surface area contributed by atoms with Crippen LogP contribution < -0.4 is 0 Å². The van der Waals surface area contributed by atoms with Gasteiger partial charge in [0.25, 0.3) is 0 Å². The van der Waals surface area contributed by atoms with Gasteiger partial charge in [-0.15, -0.1) is 0 Å². The zero-order valence-corrected chi connectivity index (χ0v) is 13.8. The van der Waals surface area contributed by atoms with Crippen LogP contribution in [0, 0.1) is 18.8 Å². The van der Waals surface area contributed by atoms with Gasteiger partial charge in [0.2, 0.25) is 0 Å². The van der Waals surface area contributed by atoms with E-state index in [9.17, 15) is 13.2 Å². The molecular formula is C15H20N2O4S. The summed E-state index contributed by atoms with van der Waals surface area (Å²) in [6.45, 7) is 3.72. The Morgan fingerprint density at radius 1 is 1.36 bits per heavy atom. The van der Waals surface area contributed by atoms with Crippen molar-refractivity contribution in [3.8, 4) is 0 Å². The minimum Gasteiger partial charge on any atom is -0.465 e. The van der Waals surface area contributed by atoms with Crippen LogP contribution in [0.2, 0.25) is 0 Å². The van der Waals surface area contributed by atoms with Crippen LogP contribution in [0.25, 0.3) is 0 Å². The van der Waals surface area contributed by atoms with E-state index < -0.39 is 15.3 Å². The average molecular weight is 324 g/mol. The Kier molecular flexibility index (Phi) is 3.51. The Bertz CT molecular complexity index is 719. The molecule has 2 unspecified atom stereocenters. The SMILES string of the molecule is CCOC(=O)C1(c2cc(S(C)(=O)=O)nc(C)n2)CC2CC2C1. The molecule has 7 heteroatoms. The van der Waals surface area contributed by atoms with Gasteiger partial charge in [-0.05, 0) is 51.0 Å². The third-order valence-corrected chi connectivity index (χ3v) is 5.61. The fourth-order valence-corrected chi connectivity index (χ4v) is 4.14. The second-order valence-electron chi connectivity index (χ2n) is 6.38. The molecule has 120 valence electrons. The molecule has 0 N–H and O–H groups in total. The first-order valence-corrected chi connectivity index (χ1v) is 9.39.